The fraction of sp³-hybridized carbons (Fsp3) is 0.0952. The van der Waals surface area contributed by atoms with Crippen molar-refractivity contribution in [2.24, 2.45) is 0 Å². The van der Waals surface area contributed by atoms with Crippen molar-refractivity contribution in [3.63, 3.8) is 0 Å². The number of benzene rings is 6. The summed E-state index contributed by atoms with van der Waals surface area (Å²) < 4.78 is 42.1. The third-order valence-electron chi connectivity index (χ3n) is 8.49. The number of alkyl halides is 3. The Labute approximate surface area is 293 Å². The zero-order valence-corrected chi connectivity index (χ0v) is 28.4. The molecule has 6 aromatic rings. The van der Waals surface area contributed by atoms with E-state index >= 15 is 0 Å². The highest BCUT2D eigenvalue weighted by atomic mass is 32.2. The number of nitrogens with zero attached hydrogens (tertiary/aromatic N) is 2. The molecule has 0 radical (unpaired) electrons. The van der Waals surface area contributed by atoms with Gasteiger partial charge >= 0.3 is 6.18 Å². The molecule has 2 aliphatic rings. The van der Waals surface area contributed by atoms with Gasteiger partial charge in [-0.2, -0.15) is 22.3 Å². The highest BCUT2D eigenvalue weighted by molar-refractivity contribution is 7.99. The van der Waals surface area contributed by atoms with Crippen LogP contribution in [0.1, 0.15) is 27.8 Å². The summed E-state index contributed by atoms with van der Waals surface area (Å²) in [5.41, 5.74) is 10.1. The highest BCUT2D eigenvalue weighted by Crippen LogP contribution is 2.40. The van der Waals surface area contributed by atoms with E-state index < -0.39 is 11.7 Å². The van der Waals surface area contributed by atoms with Crippen LogP contribution in [0.25, 0.3) is 11.1 Å². The van der Waals surface area contributed by atoms with Gasteiger partial charge in [-0.15, -0.1) is 0 Å². The second-order valence-corrected chi connectivity index (χ2v) is 13.6. The molecule has 2 aliphatic heterocycles. The van der Waals surface area contributed by atoms with Gasteiger partial charge in [0.25, 0.3) is 0 Å². The van der Waals surface area contributed by atoms with Crippen molar-refractivity contribution in [1.29, 1.82) is 0 Å². The van der Waals surface area contributed by atoms with Crippen molar-refractivity contribution in [3.8, 4) is 11.1 Å². The molecule has 6 aromatic carbocycles. The first-order chi connectivity index (χ1) is 23.9. The number of hydrogen-bond acceptors (Lipinski definition) is 2. The predicted molar refractivity (Wildman–Crippen MR) is 197 cm³/mol. The van der Waals surface area contributed by atoms with Gasteiger partial charge in [-0.1, -0.05) is 115 Å². The number of hydrogen-bond donors (Lipinski definition) is 0. The van der Waals surface area contributed by atoms with Crippen molar-refractivity contribution in [1.82, 2.24) is 0 Å². The van der Waals surface area contributed by atoms with Crippen molar-refractivity contribution < 1.29 is 22.3 Å². The van der Waals surface area contributed by atoms with E-state index in [1.54, 1.807) is 11.8 Å². The highest BCUT2D eigenvalue weighted by Gasteiger charge is 2.32. The molecule has 8 rings (SSSR count). The zero-order chi connectivity index (χ0) is 33.8. The van der Waals surface area contributed by atoms with Crippen LogP contribution in [-0.2, 0) is 6.18 Å². The van der Waals surface area contributed by atoms with Crippen LogP contribution in [-0.4, -0.2) is 32.8 Å². The molecule has 0 saturated heterocycles. The smallest absolute Gasteiger partial charge is 0.188 e. The van der Waals surface area contributed by atoms with Crippen molar-refractivity contribution in [2.45, 2.75) is 22.9 Å². The van der Waals surface area contributed by atoms with Gasteiger partial charge in [0.05, 0.1) is 16.7 Å². The number of thioether (sulfide) groups is 2. The average molecular weight is 687 g/mol. The van der Waals surface area contributed by atoms with E-state index in [0.29, 0.717) is 5.88 Å². The maximum atomic E-state index is 12.6. The SMILES string of the molecule is Cc1cccc2c1SC[N+](c1ccc(C(F)(F)F)cc1)=C2.c1ccc(C2=[N+](c3ccccc3)CSc3c2cccc3-c2ccccc2)cc1. The van der Waals surface area contributed by atoms with E-state index in [1.807, 2.05) is 34.7 Å². The average Bonchev–Trinajstić information content (AvgIpc) is 3.15. The van der Waals surface area contributed by atoms with Crippen LogP contribution < -0.4 is 0 Å². The minimum absolute atomic E-state index is 0.618. The third-order valence-corrected chi connectivity index (χ3v) is 10.9. The fourth-order valence-electron chi connectivity index (χ4n) is 6.09. The Kier molecular flexibility index (Phi) is 9.56. The summed E-state index contributed by atoms with van der Waals surface area (Å²) in [6.45, 7) is 2.06. The lowest BCUT2D eigenvalue weighted by molar-refractivity contribution is -0.416. The zero-order valence-electron chi connectivity index (χ0n) is 26.8. The van der Waals surface area contributed by atoms with Gasteiger partial charge in [-0.25, -0.2) is 0 Å². The minimum atomic E-state index is -4.29. The van der Waals surface area contributed by atoms with Gasteiger partial charge in [0.1, 0.15) is 0 Å². The largest absolute Gasteiger partial charge is 0.416 e. The molecule has 7 heteroatoms. The van der Waals surface area contributed by atoms with Gasteiger partial charge in [0.15, 0.2) is 18.0 Å². The minimum Gasteiger partial charge on any atom is -0.188 e. The first kappa shape index (κ1) is 32.7. The molecule has 49 heavy (non-hydrogen) atoms. The molecule has 0 amide bonds. The van der Waals surface area contributed by atoms with Crippen LogP contribution in [0, 0.1) is 6.92 Å². The van der Waals surface area contributed by atoms with E-state index in [-0.39, 0.29) is 0 Å². The topological polar surface area (TPSA) is 6.02 Å². The molecule has 2 nitrogen and oxygen atoms in total. The molecular formula is C42H33F3N2S2+2. The van der Waals surface area contributed by atoms with Gasteiger partial charge in [0.2, 0.25) is 17.1 Å². The number of para-hydroxylation sites is 1. The van der Waals surface area contributed by atoms with Gasteiger partial charge in [0, 0.05) is 39.6 Å². The summed E-state index contributed by atoms with van der Waals surface area (Å²) in [4.78, 5) is 2.60. The molecule has 0 aliphatic carbocycles. The third kappa shape index (κ3) is 7.14. The second kappa shape index (κ2) is 14.3. The maximum absolute atomic E-state index is 12.6. The lowest BCUT2D eigenvalue weighted by Crippen LogP contribution is -2.24. The van der Waals surface area contributed by atoms with E-state index in [1.165, 1.54) is 61.1 Å². The molecule has 0 bridgehead atoms. The number of aryl methyl sites for hydroxylation is 1. The Morgan fingerprint density at radius 1 is 0.531 bits per heavy atom. The Balaban J connectivity index is 0.000000161. The van der Waals surface area contributed by atoms with Crippen molar-refractivity contribution in [3.05, 3.63) is 179 Å². The number of halogens is 3. The van der Waals surface area contributed by atoms with Crippen LogP contribution in [0.3, 0.4) is 0 Å². The summed E-state index contributed by atoms with van der Waals surface area (Å²) in [5, 5.41) is 0. The van der Waals surface area contributed by atoms with E-state index in [9.17, 15) is 13.2 Å². The maximum Gasteiger partial charge on any atom is 0.416 e. The summed E-state index contributed by atoms with van der Waals surface area (Å²) in [6.07, 6.45) is -2.30. The lowest BCUT2D eigenvalue weighted by Gasteiger charge is -2.20. The van der Waals surface area contributed by atoms with Gasteiger partial charge in [-0.05, 0) is 60.0 Å². The fourth-order valence-corrected chi connectivity index (χ4v) is 8.36. The molecule has 0 saturated carbocycles. The Morgan fingerprint density at radius 3 is 1.80 bits per heavy atom. The van der Waals surface area contributed by atoms with Crippen LogP contribution in [0.2, 0.25) is 0 Å². The Morgan fingerprint density at radius 2 is 1.12 bits per heavy atom. The van der Waals surface area contributed by atoms with Crippen molar-refractivity contribution in [2.75, 3.05) is 11.8 Å². The normalized spacial score (nSPS) is 13.8. The van der Waals surface area contributed by atoms with Crippen LogP contribution in [0.5, 0.6) is 0 Å². The summed E-state index contributed by atoms with van der Waals surface area (Å²) in [6, 6.07) is 50.1. The molecule has 0 spiro atoms. The predicted octanol–water partition coefficient (Wildman–Crippen LogP) is 11.4. The number of fused-ring (bicyclic) bond motifs is 2. The standard InChI is InChI=1S/C26H20NS.C16H13F3NS/c1-4-11-20(12-5-1)23-17-10-18-24-25(21-13-6-2-7-14-21)27(19-28-26(23)24)22-15-8-3-9-16-22;1-11-3-2-4-12-9-20(10-21-15(11)12)14-7-5-13(6-8-14)16(17,18)19/h1-18H,19H2;2-9H,10H2,1H3/q2*+1. The molecule has 0 N–H and O–H groups in total. The first-order valence-electron chi connectivity index (χ1n) is 15.9. The molecular weight excluding hydrogens is 654 g/mol. The molecule has 0 unspecified atom stereocenters. The second-order valence-electron chi connectivity index (χ2n) is 11.7. The molecule has 2 heterocycles. The molecule has 0 fully saturated rings. The molecule has 0 atom stereocenters. The molecule has 0 aromatic heterocycles. The number of rotatable bonds is 4. The monoisotopic (exact) mass is 686 g/mol. The van der Waals surface area contributed by atoms with Crippen molar-refractivity contribution >= 4 is 46.8 Å². The van der Waals surface area contributed by atoms with E-state index in [2.05, 4.69) is 127 Å². The Bertz CT molecular complexity index is 2140. The van der Waals surface area contributed by atoms with E-state index in [4.69, 9.17) is 0 Å². The van der Waals surface area contributed by atoms with Crippen LogP contribution in [0.4, 0.5) is 24.5 Å². The lowest BCUT2D eigenvalue weighted by atomic mass is 9.96. The van der Waals surface area contributed by atoms with Gasteiger partial charge in [-0.3, -0.25) is 0 Å². The van der Waals surface area contributed by atoms with Gasteiger partial charge < -0.3 is 0 Å². The first-order valence-corrected chi connectivity index (χ1v) is 17.9. The summed E-state index contributed by atoms with van der Waals surface area (Å²) in [7, 11) is 0. The van der Waals surface area contributed by atoms with Crippen LogP contribution >= 0.6 is 23.5 Å². The summed E-state index contributed by atoms with van der Waals surface area (Å²) >= 11 is 3.62. The quantitative estimate of drug-likeness (QED) is 0.170. The van der Waals surface area contributed by atoms with E-state index in [0.717, 1.165) is 29.3 Å². The van der Waals surface area contributed by atoms with Crippen LogP contribution in [0.15, 0.2) is 161 Å². The summed E-state index contributed by atoms with van der Waals surface area (Å²) in [5.74, 6) is 1.59. The molecule has 242 valence electrons. The Hall–Kier alpha value is -4.85.